The molecule has 0 amide bonds. The van der Waals surface area contributed by atoms with Crippen LogP contribution in [0.2, 0.25) is 0 Å². The highest BCUT2D eigenvalue weighted by Gasteiger charge is 2.24. The molecule has 0 atom stereocenters. The maximum absolute atomic E-state index is 5.82. The van der Waals surface area contributed by atoms with E-state index in [-0.39, 0.29) is 0 Å². The maximum Gasteiger partial charge on any atom is 0.0391 e. The molecule has 86 valence electrons. The summed E-state index contributed by atoms with van der Waals surface area (Å²) in [4.78, 5) is 0. The van der Waals surface area contributed by atoms with E-state index in [4.69, 9.17) is 5.73 Å². The molecule has 2 N–H and O–H groups in total. The first-order valence-corrected chi connectivity index (χ1v) is 6.20. The standard InChI is InChI=1S/C13H19N3/c14-13-5-4-11-9-16(10-12(11)8-13)15-6-2-1-3-7-15/h4-5,8H,1-3,6-7,9-10,14H2. The van der Waals surface area contributed by atoms with Gasteiger partial charge in [-0.25, -0.2) is 10.0 Å². The Balaban J connectivity index is 1.74. The second-order valence-electron chi connectivity index (χ2n) is 4.87. The molecule has 0 spiro atoms. The van der Waals surface area contributed by atoms with Gasteiger partial charge in [0, 0.05) is 31.9 Å². The van der Waals surface area contributed by atoms with E-state index in [0.717, 1.165) is 18.8 Å². The van der Waals surface area contributed by atoms with Crippen LogP contribution in [0.4, 0.5) is 5.69 Å². The number of rotatable bonds is 1. The molecular formula is C13H19N3. The Morgan fingerprint density at radius 3 is 2.44 bits per heavy atom. The Morgan fingerprint density at radius 1 is 0.875 bits per heavy atom. The Kier molecular flexibility index (Phi) is 2.58. The number of anilines is 1. The van der Waals surface area contributed by atoms with Crippen molar-refractivity contribution in [3.8, 4) is 0 Å². The fraction of sp³-hybridized carbons (Fsp3) is 0.538. The first-order chi connectivity index (χ1) is 7.83. The van der Waals surface area contributed by atoms with Gasteiger partial charge in [-0.05, 0) is 36.1 Å². The number of nitrogens with zero attached hydrogens (tertiary/aromatic N) is 2. The maximum atomic E-state index is 5.82. The van der Waals surface area contributed by atoms with Crippen LogP contribution in [-0.4, -0.2) is 23.1 Å². The van der Waals surface area contributed by atoms with E-state index >= 15 is 0 Å². The molecule has 3 heteroatoms. The number of nitrogens with two attached hydrogens (primary N) is 1. The van der Waals surface area contributed by atoms with E-state index in [9.17, 15) is 0 Å². The number of hydrogen-bond donors (Lipinski definition) is 1. The number of fused-ring (bicyclic) bond motifs is 1. The van der Waals surface area contributed by atoms with E-state index < -0.39 is 0 Å². The van der Waals surface area contributed by atoms with Gasteiger partial charge >= 0.3 is 0 Å². The minimum absolute atomic E-state index is 0.888. The second kappa shape index (κ2) is 4.07. The highest BCUT2D eigenvalue weighted by molar-refractivity contribution is 5.45. The van der Waals surface area contributed by atoms with Crippen molar-refractivity contribution >= 4 is 5.69 Å². The predicted molar refractivity (Wildman–Crippen MR) is 65.5 cm³/mol. The zero-order chi connectivity index (χ0) is 11.0. The summed E-state index contributed by atoms with van der Waals surface area (Å²) in [6.07, 6.45) is 4.08. The van der Waals surface area contributed by atoms with Crippen molar-refractivity contribution in [2.24, 2.45) is 0 Å². The van der Waals surface area contributed by atoms with Crippen molar-refractivity contribution in [1.82, 2.24) is 10.0 Å². The zero-order valence-electron chi connectivity index (χ0n) is 9.65. The van der Waals surface area contributed by atoms with Gasteiger partial charge in [0.1, 0.15) is 0 Å². The lowest BCUT2D eigenvalue weighted by atomic mass is 10.1. The summed E-state index contributed by atoms with van der Waals surface area (Å²) < 4.78 is 0. The molecule has 16 heavy (non-hydrogen) atoms. The fourth-order valence-electron chi connectivity index (χ4n) is 2.76. The summed E-state index contributed by atoms with van der Waals surface area (Å²) in [6.45, 7) is 4.56. The lowest BCUT2D eigenvalue weighted by molar-refractivity contribution is -0.0442. The average Bonchev–Trinajstić information content (AvgIpc) is 2.73. The molecule has 0 aliphatic carbocycles. The van der Waals surface area contributed by atoms with Crippen LogP contribution in [-0.2, 0) is 13.1 Å². The van der Waals surface area contributed by atoms with Crippen LogP contribution in [0.1, 0.15) is 30.4 Å². The molecule has 3 nitrogen and oxygen atoms in total. The predicted octanol–water partition coefficient (Wildman–Crippen LogP) is 1.99. The topological polar surface area (TPSA) is 32.5 Å². The van der Waals surface area contributed by atoms with Gasteiger partial charge in [0.25, 0.3) is 0 Å². The van der Waals surface area contributed by atoms with Crippen molar-refractivity contribution < 1.29 is 0 Å². The summed E-state index contributed by atoms with van der Waals surface area (Å²) in [7, 11) is 0. The normalized spacial score (nSPS) is 22.2. The molecule has 2 heterocycles. The molecule has 1 fully saturated rings. The highest BCUT2D eigenvalue weighted by atomic mass is 15.6. The van der Waals surface area contributed by atoms with E-state index in [2.05, 4.69) is 22.2 Å². The van der Waals surface area contributed by atoms with Crippen LogP contribution < -0.4 is 5.73 Å². The third-order valence-electron chi connectivity index (χ3n) is 3.67. The van der Waals surface area contributed by atoms with Crippen molar-refractivity contribution in [2.45, 2.75) is 32.4 Å². The lowest BCUT2D eigenvalue weighted by Crippen LogP contribution is -2.42. The lowest BCUT2D eigenvalue weighted by Gasteiger charge is -2.34. The van der Waals surface area contributed by atoms with Gasteiger partial charge in [-0.2, -0.15) is 0 Å². The molecule has 0 aromatic heterocycles. The van der Waals surface area contributed by atoms with Gasteiger partial charge in [-0.1, -0.05) is 12.5 Å². The number of hydrogen-bond acceptors (Lipinski definition) is 3. The number of nitrogen functional groups attached to an aromatic ring is 1. The Hall–Kier alpha value is -1.06. The van der Waals surface area contributed by atoms with Crippen LogP contribution in [0.5, 0.6) is 0 Å². The number of benzene rings is 1. The Morgan fingerprint density at radius 2 is 1.62 bits per heavy atom. The van der Waals surface area contributed by atoms with Gasteiger partial charge in [0.15, 0.2) is 0 Å². The minimum atomic E-state index is 0.888. The van der Waals surface area contributed by atoms with Gasteiger partial charge in [-0.3, -0.25) is 0 Å². The number of hydrazine groups is 1. The smallest absolute Gasteiger partial charge is 0.0391 e. The van der Waals surface area contributed by atoms with Crippen LogP contribution in [0.3, 0.4) is 0 Å². The first-order valence-electron chi connectivity index (χ1n) is 6.20. The molecule has 0 bridgehead atoms. The first kappa shape index (κ1) is 10.1. The monoisotopic (exact) mass is 217 g/mol. The van der Waals surface area contributed by atoms with Crippen molar-refractivity contribution in [1.29, 1.82) is 0 Å². The highest BCUT2D eigenvalue weighted by Crippen LogP contribution is 2.27. The van der Waals surface area contributed by atoms with Gasteiger partial charge < -0.3 is 5.73 Å². The minimum Gasteiger partial charge on any atom is -0.399 e. The molecule has 1 saturated heterocycles. The van der Waals surface area contributed by atoms with Crippen LogP contribution in [0, 0.1) is 0 Å². The Bertz CT molecular complexity index is 383. The summed E-state index contributed by atoms with van der Waals surface area (Å²) in [6, 6.07) is 6.31. The van der Waals surface area contributed by atoms with Crippen molar-refractivity contribution in [2.75, 3.05) is 18.8 Å². The van der Waals surface area contributed by atoms with Gasteiger partial charge in [0.05, 0.1) is 0 Å². The summed E-state index contributed by atoms with van der Waals surface area (Å²) in [5.41, 5.74) is 9.56. The molecule has 0 saturated carbocycles. The molecule has 3 rings (SSSR count). The van der Waals surface area contributed by atoms with E-state index in [1.807, 2.05) is 6.07 Å². The van der Waals surface area contributed by atoms with Crippen LogP contribution in [0.15, 0.2) is 18.2 Å². The van der Waals surface area contributed by atoms with E-state index in [1.54, 1.807) is 0 Å². The zero-order valence-corrected chi connectivity index (χ0v) is 9.65. The largest absolute Gasteiger partial charge is 0.399 e. The second-order valence-corrected chi connectivity index (χ2v) is 4.87. The summed E-state index contributed by atoms with van der Waals surface area (Å²) in [5.74, 6) is 0. The molecule has 2 aliphatic rings. The molecule has 1 aromatic carbocycles. The quantitative estimate of drug-likeness (QED) is 0.730. The number of piperidine rings is 1. The molecule has 0 unspecified atom stereocenters. The molecule has 1 aromatic rings. The fourth-order valence-corrected chi connectivity index (χ4v) is 2.76. The van der Waals surface area contributed by atoms with Crippen LogP contribution in [0.25, 0.3) is 0 Å². The third-order valence-corrected chi connectivity index (χ3v) is 3.67. The van der Waals surface area contributed by atoms with Crippen molar-refractivity contribution in [3.63, 3.8) is 0 Å². The van der Waals surface area contributed by atoms with Crippen molar-refractivity contribution in [3.05, 3.63) is 29.3 Å². The van der Waals surface area contributed by atoms with Crippen LogP contribution >= 0.6 is 0 Å². The summed E-state index contributed by atoms with van der Waals surface area (Å²) >= 11 is 0. The molecule has 2 aliphatic heterocycles. The van der Waals surface area contributed by atoms with Gasteiger partial charge in [0.2, 0.25) is 0 Å². The Labute approximate surface area is 96.8 Å². The average molecular weight is 217 g/mol. The van der Waals surface area contributed by atoms with E-state index in [0.29, 0.717) is 0 Å². The molecular weight excluding hydrogens is 198 g/mol. The summed E-state index contributed by atoms with van der Waals surface area (Å²) in [5, 5.41) is 4.99. The SMILES string of the molecule is Nc1ccc2c(c1)CN(N1CCCCC1)C2. The van der Waals surface area contributed by atoms with E-state index in [1.165, 1.54) is 43.5 Å². The molecule has 0 radical (unpaired) electrons. The third kappa shape index (κ3) is 1.81. The van der Waals surface area contributed by atoms with Gasteiger partial charge in [-0.15, -0.1) is 0 Å².